The summed E-state index contributed by atoms with van der Waals surface area (Å²) in [4.78, 5) is 27.7. The number of para-hydroxylation sites is 1. The first-order valence-electron chi connectivity index (χ1n) is 10.9. The molecule has 2 amide bonds. The summed E-state index contributed by atoms with van der Waals surface area (Å²) in [5.74, 6) is 0.383. The highest BCUT2D eigenvalue weighted by molar-refractivity contribution is 6.05. The van der Waals surface area contributed by atoms with Gasteiger partial charge in [0.05, 0.1) is 11.3 Å². The minimum absolute atomic E-state index is 0.121. The number of nitrogens with one attached hydrogen (secondary N) is 1. The number of ether oxygens (including phenoxy) is 1. The van der Waals surface area contributed by atoms with Gasteiger partial charge in [0, 0.05) is 13.1 Å². The van der Waals surface area contributed by atoms with Gasteiger partial charge in [-0.1, -0.05) is 50.5 Å². The molecule has 5 heteroatoms. The Morgan fingerprint density at radius 3 is 2.53 bits per heavy atom. The summed E-state index contributed by atoms with van der Waals surface area (Å²) in [7, 11) is 1.71. The Hall–Kier alpha value is -2.82. The summed E-state index contributed by atoms with van der Waals surface area (Å²) in [5.41, 5.74) is 2.19. The number of amides is 2. The fourth-order valence-corrected chi connectivity index (χ4v) is 3.96. The smallest absolute Gasteiger partial charge is 0.267 e. The zero-order chi connectivity index (χ0) is 21.5. The molecule has 0 bridgehead atoms. The second-order valence-electron chi connectivity index (χ2n) is 8.05. The fourth-order valence-electron chi connectivity index (χ4n) is 3.96. The van der Waals surface area contributed by atoms with Crippen molar-refractivity contribution in [2.24, 2.45) is 0 Å². The van der Waals surface area contributed by atoms with Gasteiger partial charge in [0.25, 0.3) is 11.8 Å². The van der Waals surface area contributed by atoms with Crippen molar-refractivity contribution in [3.05, 3.63) is 59.7 Å². The van der Waals surface area contributed by atoms with E-state index in [2.05, 4.69) is 5.32 Å². The number of anilines is 1. The van der Waals surface area contributed by atoms with Crippen LogP contribution in [0.15, 0.2) is 48.5 Å². The molecule has 5 nitrogen and oxygen atoms in total. The van der Waals surface area contributed by atoms with Crippen LogP contribution in [-0.4, -0.2) is 31.0 Å². The van der Waals surface area contributed by atoms with Gasteiger partial charge >= 0.3 is 0 Å². The zero-order valence-electron chi connectivity index (χ0n) is 18.2. The molecule has 1 fully saturated rings. The molecule has 1 N–H and O–H groups in total. The lowest BCUT2D eigenvalue weighted by Gasteiger charge is -2.27. The van der Waals surface area contributed by atoms with Crippen LogP contribution in [0.5, 0.6) is 5.75 Å². The molecule has 30 heavy (non-hydrogen) atoms. The monoisotopic (exact) mass is 408 g/mol. The molecule has 3 rings (SSSR count). The van der Waals surface area contributed by atoms with E-state index in [9.17, 15) is 9.59 Å². The lowest BCUT2D eigenvalue weighted by molar-refractivity contribution is -0.125. The second-order valence-corrected chi connectivity index (χ2v) is 8.05. The zero-order valence-corrected chi connectivity index (χ0v) is 18.2. The van der Waals surface area contributed by atoms with E-state index in [0.717, 1.165) is 31.2 Å². The predicted octanol–water partition coefficient (Wildman–Crippen LogP) is 4.88. The third-order valence-electron chi connectivity index (χ3n) is 5.70. The van der Waals surface area contributed by atoms with Crippen molar-refractivity contribution in [2.45, 2.75) is 64.5 Å². The van der Waals surface area contributed by atoms with E-state index < -0.39 is 6.10 Å². The van der Waals surface area contributed by atoms with Gasteiger partial charge < -0.3 is 15.0 Å². The number of nitrogens with zero attached hydrogens (tertiary/aromatic N) is 1. The van der Waals surface area contributed by atoms with E-state index >= 15 is 0 Å². The number of benzene rings is 2. The van der Waals surface area contributed by atoms with Crippen molar-refractivity contribution in [1.82, 2.24) is 5.32 Å². The third-order valence-corrected chi connectivity index (χ3v) is 5.70. The van der Waals surface area contributed by atoms with Gasteiger partial charge in [-0.25, -0.2) is 0 Å². The quantitative estimate of drug-likeness (QED) is 0.710. The third kappa shape index (κ3) is 5.41. The molecule has 0 radical (unpaired) electrons. The van der Waals surface area contributed by atoms with Gasteiger partial charge in [-0.15, -0.1) is 0 Å². The molecule has 160 valence electrons. The van der Waals surface area contributed by atoms with E-state index in [0.29, 0.717) is 23.4 Å². The summed E-state index contributed by atoms with van der Waals surface area (Å²) < 4.78 is 5.98. The Kier molecular flexibility index (Phi) is 7.50. The van der Waals surface area contributed by atoms with E-state index in [4.69, 9.17) is 4.74 Å². The van der Waals surface area contributed by atoms with Gasteiger partial charge in [-0.3, -0.25) is 9.59 Å². The van der Waals surface area contributed by atoms with Crippen LogP contribution < -0.4 is 15.0 Å². The van der Waals surface area contributed by atoms with E-state index in [1.54, 1.807) is 18.0 Å². The van der Waals surface area contributed by atoms with E-state index in [-0.39, 0.29) is 17.9 Å². The summed E-state index contributed by atoms with van der Waals surface area (Å²) in [5, 5.41) is 3.15. The highest BCUT2D eigenvalue weighted by atomic mass is 16.5. The molecule has 2 aromatic carbocycles. The Morgan fingerprint density at radius 2 is 1.83 bits per heavy atom. The van der Waals surface area contributed by atoms with Crippen LogP contribution in [0.3, 0.4) is 0 Å². The van der Waals surface area contributed by atoms with Gasteiger partial charge in [0.15, 0.2) is 6.10 Å². The number of carbonyl (C=O) groups is 2. The van der Waals surface area contributed by atoms with Crippen LogP contribution in [0.25, 0.3) is 0 Å². The normalized spacial score (nSPS) is 15.3. The number of hydrogen-bond donors (Lipinski definition) is 1. The van der Waals surface area contributed by atoms with Crippen LogP contribution in [0.4, 0.5) is 5.69 Å². The maximum atomic E-state index is 13.2. The fraction of sp³-hybridized carbons (Fsp3) is 0.440. The molecular formula is C25H32N2O3. The first-order chi connectivity index (χ1) is 14.5. The molecule has 0 spiro atoms. The SMILES string of the molecule is CCC(Oc1cccc(C)c1)C(=O)N(C)c1ccccc1C(=O)NC1CCCCC1. The molecule has 1 aliphatic carbocycles. The molecule has 0 saturated heterocycles. The largest absolute Gasteiger partial charge is 0.481 e. The number of aryl methyl sites for hydroxylation is 1. The van der Waals surface area contributed by atoms with Gasteiger partial charge in [0.2, 0.25) is 0 Å². The lowest BCUT2D eigenvalue weighted by atomic mass is 9.95. The second kappa shape index (κ2) is 10.3. The molecule has 0 aromatic heterocycles. The van der Waals surface area contributed by atoms with Gasteiger partial charge in [-0.05, 0) is 56.0 Å². The molecule has 0 aliphatic heterocycles. The summed E-state index contributed by atoms with van der Waals surface area (Å²) in [6, 6.07) is 15.2. The van der Waals surface area contributed by atoms with Crippen LogP contribution in [0.1, 0.15) is 61.4 Å². The van der Waals surface area contributed by atoms with E-state index in [1.807, 2.05) is 56.3 Å². The number of hydrogen-bond acceptors (Lipinski definition) is 3. The lowest BCUT2D eigenvalue weighted by Crippen LogP contribution is -2.41. The van der Waals surface area contributed by atoms with Gasteiger partial charge in [-0.2, -0.15) is 0 Å². The Bertz CT molecular complexity index is 874. The molecule has 0 heterocycles. The van der Waals surface area contributed by atoms with Crippen molar-refractivity contribution in [3.8, 4) is 5.75 Å². The predicted molar refractivity (Wildman–Crippen MR) is 120 cm³/mol. The van der Waals surface area contributed by atoms with Crippen molar-refractivity contribution in [2.75, 3.05) is 11.9 Å². The number of rotatable bonds is 7. The molecule has 1 unspecified atom stereocenters. The summed E-state index contributed by atoms with van der Waals surface area (Å²) >= 11 is 0. The van der Waals surface area contributed by atoms with Crippen molar-refractivity contribution >= 4 is 17.5 Å². The first-order valence-corrected chi connectivity index (χ1v) is 10.9. The highest BCUT2D eigenvalue weighted by Gasteiger charge is 2.27. The van der Waals surface area contributed by atoms with E-state index in [1.165, 1.54) is 6.42 Å². The average molecular weight is 409 g/mol. The maximum Gasteiger partial charge on any atom is 0.267 e. The van der Waals surface area contributed by atoms with Crippen LogP contribution in [0, 0.1) is 6.92 Å². The van der Waals surface area contributed by atoms with Crippen molar-refractivity contribution in [1.29, 1.82) is 0 Å². The van der Waals surface area contributed by atoms with Crippen LogP contribution in [0.2, 0.25) is 0 Å². The molecule has 1 aliphatic rings. The summed E-state index contributed by atoms with van der Waals surface area (Å²) in [6.07, 6.45) is 5.49. The van der Waals surface area contributed by atoms with Gasteiger partial charge in [0.1, 0.15) is 5.75 Å². The molecule has 1 atom stereocenters. The minimum atomic E-state index is -0.619. The van der Waals surface area contributed by atoms with Crippen LogP contribution in [-0.2, 0) is 4.79 Å². The van der Waals surface area contributed by atoms with Crippen molar-refractivity contribution in [3.63, 3.8) is 0 Å². The average Bonchev–Trinajstić information content (AvgIpc) is 2.77. The Balaban J connectivity index is 1.75. The molecular weight excluding hydrogens is 376 g/mol. The number of carbonyl (C=O) groups excluding carboxylic acids is 2. The maximum absolute atomic E-state index is 13.2. The number of likely N-dealkylation sites (N-methyl/N-ethyl adjacent to an activating group) is 1. The first kappa shape index (κ1) is 21.9. The topological polar surface area (TPSA) is 58.6 Å². The summed E-state index contributed by atoms with van der Waals surface area (Å²) in [6.45, 7) is 3.91. The highest BCUT2D eigenvalue weighted by Crippen LogP contribution is 2.24. The minimum Gasteiger partial charge on any atom is -0.481 e. The Morgan fingerprint density at radius 1 is 1.10 bits per heavy atom. The molecule has 2 aromatic rings. The molecule has 1 saturated carbocycles. The Labute approximate surface area is 179 Å². The van der Waals surface area contributed by atoms with Crippen molar-refractivity contribution < 1.29 is 14.3 Å². The van der Waals surface area contributed by atoms with Crippen LogP contribution >= 0.6 is 0 Å². The standard InChI is InChI=1S/C25H32N2O3/c1-4-23(30-20-14-10-11-18(2)17-20)25(29)27(3)22-16-9-8-15-21(22)24(28)26-19-12-6-5-7-13-19/h8-11,14-17,19,23H,4-7,12-13H2,1-3H3,(H,26,28).